The predicted octanol–water partition coefficient (Wildman–Crippen LogP) is 4.77. The van der Waals surface area contributed by atoms with Crippen LogP contribution in [-0.4, -0.2) is 17.9 Å². The molecule has 1 aromatic carbocycles. The summed E-state index contributed by atoms with van der Waals surface area (Å²) < 4.78 is 11.2. The Morgan fingerprint density at radius 1 is 1.04 bits per heavy atom. The summed E-state index contributed by atoms with van der Waals surface area (Å²) in [5.74, 6) is 2.29. The number of aryl methyl sites for hydroxylation is 1. The molecule has 0 atom stereocenters. The molecule has 0 N–H and O–H groups in total. The third kappa shape index (κ3) is 3.48. The Morgan fingerprint density at radius 3 is 2.43 bits per heavy atom. The third-order valence-electron chi connectivity index (χ3n) is 3.48. The Hall–Kier alpha value is -2.46. The third-order valence-corrected chi connectivity index (χ3v) is 3.73. The lowest BCUT2D eigenvalue weighted by molar-refractivity contribution is 0.0744. The highest BCUT2D eigenvalue weighted by Crippen LogP contribution is 2.24. The van der Waals surface area contributed by atoms with Gasteiger partial charge in [-0.3, -0.25) is 4.79 Å². The molecular weight excluding hydrogens is 314 g/mol. The van der Waals surface area contributed by atoms with Crippen LogP contribution >= 0.6 is 11.6 Å². The fraction of sp³-hybridized carbons (Fsp3) is 0.167. The van der Waals surface area contributed by atoms with Gasteiger partial charge in [0.25, 0.3) is 5.91 Å². The summed E-state index contributed by atoms with van der Waals surface area (Å²) in [6.45, 7) is 2.26. The minimum atomic E-state index is -0.195. The van der Waals surface area contributed by atoms with Gasteiger partial charge in [-0.05, 0) is 55.5 Å². The molecule has 0 spiro atoms. The maximum Gasteiger partial charge on any atom is 0.289 e. The van der Waals surface area contributed by atoms with E-state index in [0.717, 1.165) is 17.1 Å². The van der Waals surface area contributed by atoms with Crippen molar-refractivity contribution in [3.63, 3.8) is 0 Å². The molecule has 23 heavy (non-hydrogen) atoms. The fourth-order valence-corrected chi connectivity index (χ4v) is 2.41. The maximum absolute atomic E-state index is 12.4. The smallest absolute Gasteiger partial charge is 0.289 e. The molecule has 5 heteroatoms. The van der Waals surface area contributed by atoms with Crippen LogP contribution in [0.4, 0.5) is 0 Å². The van der Waals surface area contributed by atoms with Gasteiger partial charge in [-0.15, -0.1) is 0 Å². The summed E-state index contributed by atoms with van der Waals surface area (Å²) in [7, 11) is 1.71. The molecule has 1 amide bonds. The average molecular weight is 330 g/mol. The number of benzene rings is 1. The zero-order valence-electron chi connectivity index (χ0n) is 12.9. The van der Waals surface area contributed by atoms with Crippen LogP contribution in [-0.2, 0) is 6.54 Å². The molecule has 3 aromatic rings. The Morgan fingerprint density at radius 2 is 1.78 bits per heavy atom. The van der Waals surface area contributed by atoms with E-state index in [-0.39, 0.29) is 5.91 Å². The first kappa shape index (κ1) is 15.4. The number of carbonyl (C=O) groups is 1. The van der Waals surface area contributed by atoms with E-state index in [1.807, 2.05) is 31.2 Å². The molecule has 0 fully saturated rings. The molecule has 0 radical (unpaired) electrons. The first-order valence-corrected chi connectivity index (χ1v) is 7.57. The topological polar surface area (TPSA) is 46.6 Å². The summed E-state index contributed by atoms with van der Waals surface area (Å²) >= 11 is 5.87. The Balaban J connectivity index is 1.74. The van der Waals surface area contributed by atoms with Gasteiger partial charge in [-0.1, -0.05) is 11.6 Å². The van der Waals surface area contributed by atoms with Gasteiger partial charge in [0.1, 0.15) is 17.3 Å². The Bertz CT molecular complexity index is 817. The van der Waals surface area contributed by atoms with Crippen molar-refractivity contribution in [1.29, 1.82) is 0 Å². The lowest BCUT2D eigenvalue weighted by atomic mass is 10.2. The zero-order chi connectivity index (χ0) is 16.4. The van der Waals surface area contributed by atoms with E-state index in [1.54, 1.807) is 36.2 Å². The first-order chi connectivity index (χ1) is 11.0. The molecule has 3 rings (SSSR count). The van der Waals surface area contributed by atoms with Crippen LogP contribution in [0, 0.1) is 6.92 Å². The minimum absolute atomic E-state index is 0.195. The van der Waals surface area contributed by atoms with Gasteiger partial charge in [-0.25, -0.2) is 0 Å². The molecule has 0 saturated heterocycles. The number of carbonyl (C=O) groups excluding carboxylic acids is 1. The molecule has 4 nitrogen and oxygen atoms in total. The number of hydrogen-bond acceptors (Lipinski definition) is 3. The first-order valence-electron chi connectivity index (χ1n) is 7.19. The van der Waals surface area contributed by atoms with Gasteiger partial charge in [0.2, 0.25) is 0 Å². The second-order valence-corrected chi connectivity index (χ2v) is 5.78. The van der Waals surface area contributed by atoms with Crippen molar-refractivity contribution in [1.82, 2.24) is 4.90 Å². The number of rotatable bonds is 4. The van der Waals surface area contributed by atoms with Gasteiger partial charge in [0.05, 0.1) is 6.54 Å². The minimum Gasteiger partial charge on any atom is -0.464 e. The molecule has 0 aliphatic carbocycles. The fourth-order valence-electron chi connectivity index (χ4n) is 2.29. The van der Waals surface area contributed by atoms with Crippen molar-refractivity contribution < 1.29 is 13.6 Å². The lowest BCUT2D eigenvalue weighted by Gasteiger charge is -2.13. The summed E-state index contributed by atoms with van der Waals surface area (Å²) in [5, 5.41) is 0.657. The highest BCUT2D eigenvalue weighted by Gasteiger charge is 2.18. The Kier molecular flexibility index (Phi) is 4.26. The Labute approximate surface area is 139 Å². The predicted molar refractivity (Wildman–Crippen MR) is 88.4 cm³/mol. The van der Waals surface area contributed by atoms with E-state index in [9.17, 15) is 4.79 Å². The van der Waals surface area contributed by atoms with Gasteiger partial charge < -0.3 is 13.7 Å². The van der Waals surface area contributed by atoms with Crippen molar-refractivity contribution in [2.45, 2.75) is 13.5 Å². The molecule has 118 valence electrons. The van der Waals surface area contributed by atoms with Crippen molar-refractivity contribution >= 4 is 17.5 Å². The van der Waals surface area contributed by atoms with Gasteiger partial charge in [-0.2, -0.15) is 0 Å². The second-order valence-electron chi connectivity index (χ2n) is 5.34. The highest BCUT2D eigenvalue weighted by atomic mass is 35.5. The molecular formula is C18H16ClNO3. The van der Waals surface area contributed by atoms with Crippen LogP contribution < -0.4 is 0 Å². The number of nitrogens with zero attached hydrogens (tertiary/aromatic N) is 1. The van der Waals surface area contributed by atoms with Crippen molar-refractivity contribution in [3.05, 3.63) is 70.8 Å². The van der Waals surface area contributed by atoms with Crippen molar-refractivity contribution in [2.75, 3.05) is 7.05 Å². The lowest BCUT2D eigenvalue weighted by Crippen LogP contribution is -2.25. The summed E-state index contributed by atoms with van der Waals surface area (Å²) in [6.07, 6.45) is 0. The molecule has 0 saturated carbocycles. The van der Waals surface area contributed by atoms with Crippen LogP contribution in [0.2, 0.25) is 5.02 Å². The van der Waals surface area contributed by atoms with E-state index in [4.69, 9.17) is 20.4 Å². The van der Waals surface area contributed by atoms with Gasteiger partial charge in [0, 0.05) is 17.6 Å². The second kappa shape index (κ2) is 6.34. The SMILES string of the molecule is Cc1ccc(CN(C)C(=O)c2ccc(-c3ccc(Cl)cc3)o2)o1. The molecule has 2 aromatic heterocycles. The van der Waals surface area contributed by atoms with Gasteiger partial charge in [0.15, 0.2) is 5.76 Å². The number of furan rings is 2. The van der Waals surface area contributed by atoms with Crippen molar-refractivity contribution in [2.24, 2.45) is 0 Å². The molecule has 0 unspecified atom stereocenters. The monoisotopic (exact) mass is 329 g/mol. The van der Waals surface area contributed by atoms with Crippen molar-refractivity contribution in [3.8, 4) is 11.3 Å². The normalized spacial score (nSPS) is 10.7. The zero-order valence-corrected chi connectivity index (χ0v) is 13.6. The van der Waals surface area contributed by atoms with Gasteiger partial charge >= 0.3 is 0 Å². The molecule has 2 heterocycles. The van der Waals surface area contributed by atoms with E-state index < -0.39 is 0 Å². The van der Waals surface area contributed by atoms with E-state index in [1.165, 1.54) is 0 Å². The van der Waals surface area contributed by atoms with E-state index in [0.29, 0.717) is 23.1 Å². The number of halogens is 1. The van der Waals surface area contributed by atoms with E-state index in [2.05, 4.69) is 0 Å². The van der Waals surface area contributed by atoms with E-state index >= 15 is 0 Å². The van der Waals surface area contributed by atoms with Crippen LogP contribution in [0.15, 0.2) is 57.4 Å². The standard InChI is InChI=1S/C18H16ClNO3/c1-12-3-8-15(22-12)11-20(2)18(21)17-10-9-16(23-17)13-4-6-14(19)7-5-13/h3-10H,11H2,1-2H3. The summed E-state index contributed by atoms with van der Waals surface area (Å²) in [5.41, 5.74) is 0.873. The largest absolute Gasteiger partial charge is 0.464 e. The van der Waals surface area contributed by atoms with Crippen LogP contribution in [0.5, 0.6) is 0 Å². The van der Waals surface area contributed by atoms with Crippen LogP contribution in [0.3, 0.4) is 0 Å². The average Bonchev–Trinajstić information content (AvgIpc) is 3.16. The quantitative estimate of drug-likeness (QED) is 0.692. The van der Waals surface area contributed by atoms with Crippen LogP contribution in [0.25, 0.3) is 11.3 Å². The molecule has 0 aliphatic rings. The summed E-state index contributed by atoms with van der Waals surface area (Å²) in [4.78, 5) is 14.0. The maximum atomic E-state index is 12.4. The van der Waals surface area contributed by atoms with Crippen LogP contribution in [0.1, 0.15) is 22.1 Å². The molecule has 0 aliphatic heterocycles. The number of amides is 1. The summed E-state index contributed by atoms with van der Waals surface area (Å²) in [6, 6.07) is 14.5. The highest BCUT2D eigenvalue weighted by molar-refractivity contribution is 6.30. The molecule has 0 bridgehead atoms. The number of hydrogen-bond donors (Lipinski definition) is 0.